The third-order valence-electron chi connectivity index (χ3n) is 3.50. The molecule has 0 saturated carbocycles. The van der Waals surface area contributed by atoms with Gasteiger partial charge >= 0.3 is 0 Å². The van der Waals surface area contributed by atoms with Crippen LogP contribution in [0, 0.1) is 5.92 Å². The Morgan fingerprint density at radius 3 is 2.86 bits per heavy atom. The van der Waals surface area contributed by atoms with E-state index >= 15 is 0 Å². The van der Waals surface area contributed by atoms with Crippen LogP contribution in [0.1, 0.15) is 26.2 Å². The summed E-state index contributed by atoms with van der Waals surface area (Å²) in [5, 5.41) is 0. The van der Waals surface area contributed by atoms with E-state index in [0.29, 0.717) is 30.5 Å². The Bertz CT molecular complexity index is 611. The molecular formula is C15H22N2O3S. The number of allylic oxidation sites excluding steroid dienone is 2. The zero-order chi connectivity index (χ0) is 15.3. The van der Waals surface area contributed by atoms with Crippen molar-refractivity contribution in [3.05, 3.63) is 30.4 Å². The first kappa shape index (κ1) is 15.9. The normalized spacial score (nSPS) is 18.6. The predicted octanol–water partition coefficient (Wildman–Crippen LogP) is 2.30. The van der Waals surface area contributed by atoms with Crippen LogP contribution >= 0.6 is 0 Å². The van der Waals surface area contributed by atoms with Gasteiger partial charge in [-0.05, 0) is 50.3 Å². The number of nitrogens with two attached hydrogens (primary N) is 1. The molecule has 0 aromatic heterocycles. The number of rotatable bonds is 6. The molecule has 1 aromatic carbocycles. The van der Waals surface area contributed by atoms with Crippen LogP contribution in [-0.4, -0.2) is 21.6 Å². The molecule has 6 heteroatoms. The minimum Gasteiger partial charge on any atom is -0.492 e. The molecule has 1 atom stereocenters. The lowest BCUT2D eigenvalue weighted by Gasteiger charge is -2.19. The van der Waals surface area contributed by atoms with E-state index in [1.54, 1.807) is 12.1 Å². The minimum absolute atomic E-state index is 0.107. The molecule has 0 heterocycles. The van der Waals surface area contributed by atoms with Crippen LogP contribution in [0.3, 0.4) is 0 Å². The number of sulfonamides is 1. The lowest BCUT2D eigenvalue weighted by atomic mass is 9.95. The third kappa shape index (κ3) is 4.22. The highest BCUT2D eigenvalue weighted by atomic mass is 32.2. The zero-order valence-corrected chi connectivity index (χ0v) is 13.0. The molecule has 3 N–H and O–H groups in total. The van der Waals surface area contributed by atoms with Crippen molar-refractivity contribution in [3.8, 4) is 5.75 Å². The van der Waals surface area contributed by atoms with Gasteiger partial charge in [0.2, 0.25) is 10.0 Å². The maximum absolute atomic E-state index is 12.5. The summed E-state index contributed by atoms with van der Waals surface area (Å²) in [7, 11) is -3.61. The Labute approximate surface area is 126 Å². The van der Waals surface area contributed by atoms with Crippen LogP contribution in [0.5, 0.6) is 5.75 Å². The Morgan fingerprint density at radius 2 is 2.19 bits per heavy atom. The molecule has 0 spiro atoms. The summed E-state index contributed by atoms with van der Waals surface area (Å²) in [4.78, 5) is 0.107. The summed E-state index contributed by atoms with van der Waals surface area (Å²) in [6.45, 7) is 2.65. The smallest absolute Gasteiger partial charge is 0.244 e. The largest absolute Gasteiger partial charge is 0.492 e. The molecule has 1 unspecified atom stereocenters. The first-order chi connectivity index (χ1) is 10.0. The lowest BCUT2D eigenvalue weighted by molar-refractivity contribution is 0.331. The quantitative estimate of drug-likeness (QED) is 0.624. The standard InChI is InChI=1S/C15H22N2O3S/c1-2-20-14-9-8-13(16)10-15(14)21(18,19)17-11-12-6-4-3-5-7-12/h3-4,8-10,12,17H,2,5-7,11,16H2,1H3. The van der Waals surface area contributed by atoms with Gasteiger partial charge in [0.15, 0.2) is 0 Å². The summed E-state index contributed by atoms with van der Waals surface area (Å²) >= 11 is 0. The van der Waals surface area contributed by atoms with E-state index in [0.717, 1.165) is 19.3 Å². The molecule has 116 valence electrons. The first-order valence-electron chi connectivity index (χ1n) is 7.20. The van der Waals surface area contributed by atoms with Gasteiger partial charge in [-0.1, -0.05) is 12.2 Å². The summed E-state index contributed by atoms with van der Waals surface area (Å²) in [5.41, 5.74) is 6.10. The minimum atomic E-state index is -3.61. The van der Waals surface area contributed by atoms with Crippen molar-refractivity contribution in [1.82, 2.24) is 4.72 Å². The van der Waals surface area contributed by atoms with Crippen molar-refractivity contribution in [3.63, 3.8) is 0 Å². The molecular weight excluding hydrogens is 288 g/mol. The summed E-state index contributed by atoms with van der Waals surface area (Å²) in [5.74, 6) is 0.684. The van der Waals surface area contributed by atoms with Gasteiger partial charge in [0.05, 0.1) is 6.61 Å². The van der Waals surface area contributed by atoms with Gasteiger partial charge in [0.25, 0.3) is 0 Å². The SMILES string of the molecule is CCOc1ccc(N)cc1S(=O)(=O)NCC1CC=CCC1. The lowest BCUT2D eigenvalue weighted by Crippen LogP contribution is -2.30. The highest BCUT2D eigenvalue weighted by Gasteiger charge is 2.21. The van der Waals surface area contributed by atoms with Gasteiger partial charge in [0.1, 0.15) is 10.6 Å². The molecule has 0 aliphatic heterocycles. The van der Waals surface area contributed by atoms with E-state index in [1.165, 1.54) is 6.07 Å². The van der Waals surface area contributed by atoms with Crippen molar-refractivity contribution in [2.24, 2.45) is 5.92 Å². The van der Waals surface area contributed by atoms with E-state index in [-0.39, 0.29) is 4.90 Å². The van der Waals surface area contributed by atoms with E-state index in [4.69, 9.17) is 10.5 Å². The molecule has 0 saturated heterocycles. The van der Waals surface area contributed by atoms with E-state index in [1.807, 2.05) is 6.92 Å². The van der Waals surface area contributed by atoms with Gasteiger partial charge in [-0.2, -0.15) is 0 Å². The molecule has 1 aliphatic rings. The van der Waals surface area contributed by atoms with Gasteiger partial charge in [-0.3, -0.25) is 0 Å². The summed E-state index contributed by atoms with van der Waals surface area (Å²) in [6.07, 6.45) is 7.17. The van der Waals surface area contributed by atoms with Crippen LogP contribution in [0.25, 0.3) is 0 Å². The number of hydrogen-bond donors (Lipinski definition) is 2. The number of hydrogen-bond acceptors (Lipinski definition) is 4. The Hall–Kier alpha value is -1.53. The van der Waals surface area contributed by atoms with Crippen LogP contribution < -0.4 is 15.2 Å². The Balaban J connectivity index is 2.14. The first-order valence-corrected chi connectivity index (χ1v) is 8.68. The van der Waals surface area contributed by atoms with Crippen molar-refractivity contribution in [1.29, 1.82) is 0 Å². The molecule has 0 fully saturated rings. The zero-order valence-electron chi connectivity index (χ0n) is 12.2. The van der Waals surface area contributed by atoms with Gasteiger partial charge < -0.3 is 10.5 Å². The summed E-state index contributed by atoms with van der Waals surface area (Å²) in [6, 6.07) is 4.67. The molecule has 2 rings (SSSR count). The fourth-order valence-electron chi connectivity index (χ4n) is 2.36. The maximum atomic E-state index is 12.5. The van der Waals surface area contributed by atoms with Crippen molar-refractivity contribution < 1.29 is 13.2 Å². The number of nitrogens with one attached hydrogen (secondary N) is 1. The third-order valence-corrected chi connectivity index (χ3v) is 4.94. The number of benzene rings is 1. The molecule has 0 radical (unpaired) electrons. The molecule has 1 aliphatic carbocycles. The predicted molar refractivity (Wildman–Crippen MR) is 83.7 cm³/mol. The fraction of sp³-hybridized carbons (Fsp3) is 0.467. The molecule has 5 nitrogen and oxygen atoms in total. The fourth-order valence-corrected chi connectivity index (χ4v) is 3.65. The van der Waals surface area contributed by atoms with Crippen LogP contribution in [-0.2, 0) is 10.0 Å². The molecule has 0 amide bonds. The maximum Gasteiger partial charge on any atom is 0.244 e. The number of nitrogen functional groups attached to an aromatic ring is 1. The second-order valence-corrected chi connectivity index (χ2v) is 6.88. The molecule has 21 heavy (non-hydrogen) atoms. The average molecular weight is 310 g/mol. The number of ether oxygens (including phenoxy) is 1. The van der Waals surface area contributed by atoms with Crippen molar-refractivity contribution >= 4 is 15.7 Å². The Morgan fingerprint density at radius 1 is 1.38 bits per heavy atom. The second kappa shape index (κ2) is 6.95. The van der Waals surface area contributed by atoms with Gasteiger partial charge in [0, 0.05) is 12.2 Å². The van der Waals surface area contributed by atoms with Crippen LogP contribution in [0.2, 0.25) is 0 Å². The molecule has 1 aromatic rings. The van der Waals surface area contributed by atoms with Crippen molar-refractivity contribution in [2.45, 2.75) is 31.1 Å². The summed E-state index contributed by atoms with van der Waals surface area (Å²) < 4.78 is 33.0. The van der Waals surface area contributed by atoms with Gasteiger partial charge in [-0.25, -0.2) is 13.1 Å². The highest BCUT2D eigenvalue weighted by molar-refractivity contribution is 7.89. The van der Waals surface area contributed by atoms with E-state index in [9.17, 15) is 8.42 Å². The average Bonchev–Trinajstić information content (AvgIpc) is 2.48. The van der Waals surface area contributed by atoms with E-state index in [2.05, 4.69) is 16.9 Å². The van der Waals surface area contributed by atoms with Crippen LogP contribution in [0.4, 0.5) is 5.69 Å². The Kier molecular flexibility index (Phi) is 5.25. The van der Waals surface area contributed by atoms with Crippen molar-refractivity contribution in [2.75, 3.05) is 18.9 Å². The number of anilines is 1. The van der Waals surface area contributed by atoms with E-state index < -0.39 is 10.0 Å². The second-order valence-electron chi connectivity index (χ2n) is 5.14. The van der Waals surface area contributed by atoms with Crippen LogP contribution in [0.15, 0.2) is 35.2 Å². The molecule has 0 bridgehead atoms. The highest BCUT2D eigenvalue weighted by Crippen LogP contribution is 2.26. The van der Waals surface area contributed by atoms with Gasteiger partial charge in [-0.15, -0.1) is 0 Å². The monoisotopic (exact) mass is 310 g/mol. The topological polar surface area (TPSA) is 81.4 Å².